The number of nitrogens with two attached hydrogens (primary N) is 1. The monoisotopic (exact) mass is 208 g/mol. The molecule has 0 spiro atoms. The molecule has 15 heavy (non-hydrogen) atoms. The van der Waals surface area contributed by atoms with Gasteiger partial charge in [-0.15, -0.1) is 0 Å². The number of rotatable bonds is 4. The van der Waals surface area contributed by atoms with Gasteiger partial charge in [-0.2, -0.15) is 0 Å². The highest BCUT2D eigenvalue weighted by molar-refractivity contribution is 5.83. The molecule has 5 heteroatoms. The van der Waals surface area contributed by atoms with Gasteiger partial charge in [-0.05, 0) is 17.3 Å². The summed E-state index contributed by atoms with van der Waals surface area (Å²) in [7, 11) is 1.60. The van der Waals surface area contributed by atoms with Crippen molar-refractivity contribution in [1.82, 2.24) is 5.16 Å². The molecule has 0 aliphatic heterocycles. The lowest BCUT2D eigenvalue weighted by molar-refractivity contribution is 0.293. The number of nitrogens with zero attached hydrogens (tertiary/aromatic N) is 1. The van der Waals surface area contributed by atoms with Crippen molar-refractivity contribution in [2.24, 2.45) is 5.73 Å². The Kier molecular flexibility index (Phi) is 2.73. The maximum absolute atomic E-state index is 5.33. The lowest BCUT2D eigenvalue weighted by Crippen LogP contribution is -2.10. The van der Waals surface area contributed by atoms with Gasteiger partial charge >= 0.3 is 0 Å². The quantitative estimate of drug-likeness (QED) is 0.816. The fraction of sp³-hybridized carbons (Fsp3) is 0.300. The summed E-state index contributed by atoms with van der Waals surface area (Å²) in [5, 5.41) is 4.62. The predicted octanol–water partition coefficient (Wildman–Crippen LogP) is 1.17. The molecule has 0 saturated heterocycles. The molecule has 2 N–H and O–H groups in total. The smallest absolute Gasteiger partial charge is 0.262 e. The molecule has 0 atom stereocenters. The standard InChI is InChI=1S/C10H12N2O3/c1-13-7-2-3-8-9(6-7)15-12-10(8)14-5-4-11/h2-3,6H,4-5,11H2,1H3. The molecular weight excluding hydrogens is 196 g/mol. The average molecular weight is 208 g/mol. The van der Waals surface area contributed by atoms with Gasteiger partial charge in [0.1, 0.15) is 12.4 Å². The lowest BCUT2D eigenvalue weighted by Gasteiger charge is -1.99. The van der Waals surface area contributed by atoms with Gasteiger partial charge in [-0.3, -0.25) is 0 Å². The molecule has 0 unspecified atom stereocenters. The number of fused-ring (bicyclic) bond motifs is 1. The SMILES string of the molecule is COc1ccc2c(OCCN)noc2c1. The van der Waals surface area contributed by atoms with Crippen molar-refractivity contribution in [3.05, 3.63) is 18.2 Å². The van der Waals surface area contributed by atoms with E-state index in [9.17, 15) is 0 Å². The van der Waals surface area contributed by atoms with E-state index in [4.69, 9.17) is 19.7 Å². The van der Waals surface area contributed by atoms with E-state index in [-0.39, 0.29) is 0 Å². The van der Waals surface area contributed by atoms with Crippen LogP contribution in [0.3, 0.4) is 0 Å². The Bertz CT molecular complexity index is 453. The Morgan fingerprint density at radius 2 is 2.33 bits per heavy atom. The number of aromatic nitrogens is 1. The minimum Gasteiger partial charge on any atom is -0.497 e. The molecule has 0 bridgehead atoms. The number of methoxy groups -OCH3 is 1. The Balaban J connectivity index is 2.34. The first kappa shape index (κ1) is 9.79. The molecule has 2 aromatic rings. The van der Waals surface area contributed by atoms with Gasteiger partial charge in [-0.1, -0.05) is 0 Å². The minimum atomic E-state index is 0.424. The van der Waals surface area contributed by atoms with Crippen LogP contribution in [0.2, 0.25) is 0 Å². The summed E-state index contributed by atoms with van der Waals surface area (Å²) >= 11 is 0. The van der Waals surface area contributed by atoms with Crippen molar-refractivity contribution in [1.29, 1.82) is 0 Å². The van der Waals surface area contributed by atoms with E-state index in [0.717, 1.165) is 11.1 Å². The summed E-state index contributed by atoms with van der Waals surface area (Å²) in [5.74, 6) is 1.20. The summed E-state index contributed by atoms with van der Waals surface area (Å²) in [6.45, 7) is 0.873. The lowest BCUT2D eigenvalue weighted by atomic mass is 10.2. The molecule has 80 valence electrons. The van der Waals surface area contributed by atoms with Crippen molar-refractivity contribution in [2.75, 3.05) is 20.3 Å². The van der Waals surface area contributed by atoms with E-state index < -0.39 is 0 Å². The number of benzene rings is 1. The van der Waals surface area contributed by atoms with Crippen LogP contribution in [-0.2, 0) is 0 Å². The Hall–Kier alpha value is -1.75. The third-order valence-corrected chi connectivity index (χ3v) is 2.00. The molecule has 0 saturated carbocycles. The Morgan fingerprint density at radius 3 is 3.07 bits per heavy atom. The highest BCUT2D eigenvalue weighted by Crippen LogP contribution is 2.27. The Morgan fingerprint density at radius 1 is 1.47 bits per heavy atom. The zero-order chi connectivity index (χ0) is 10.7. The third-order valence-electron chi connectivity index (χ3n) is 2.00. The summed E-state index contributed by atoms with van der Waals surface area (Å²) < 4.78 is 15.5. The van der Waals surface area contributed by atoms with Crippen LogP contribution in [0.25, 0.3) is 11.0 Å². The molecule has 0 aliphatic carbocycles. The molecule has 0 aliphatic rings. The molecule has 1 aromatic carbocycles. The van der Waals surface area contributed by atoms with E-state index in [2.05, 4.69) is 5.16 Å². The molecule has 0 radical (unpaired) electrons. The first-order valence-electron chi connectivity index (χ1n) is 4.61. The number of hydrogen-bond acceptors (Lipinski definition) is 5. The van der Waals surface area contributed by atoms with Gasteiger partial charge in [0.15, 0.2) is 5.58 Å². The van der Waals surface area contributed by atoms with E-state index in [1.165, 1.54) is 0 Å². The van der Waals surface area contributed by atoms with Crippen molar-refractivity contribution in [2.45, 2.75) is 0 Å². The second-order valence-electron chi connectivity index (χ2n) is 2.99. The van der Waals surface area contributed by atoms with Crippen LogP contribution < -0.4 is 15.2 Å². The highest BCUT2D eigenvalue weighted by atomic mass is 16.5. The maximum atomic E-state index is 5.33. The topological polar surface area (TPSA) is 70.5 Å². The second kappa shape index (κ2) is 4.18. The fourth-order valence-corrected chi connectivity index (χ4v) is 1.28. The van der Waals surface area contributed by atoms with Gasteiger partial charge in [0, 0.05) is 12.6 Å². The minimum absolute atomic E-state index is 0.424. The van der Waals surface area contributed by atoms with E-state index in [1.807, 2.05) is 12.1 Å². The zero-order valence-electron chi connectivity index (χ0n) is 8.40. The van der Waals surface area contributed by atoms with E-state index in [0.29, 0.717) is 24.6 Å². The molecule has 1 heterocycles. The summed E-state index contributed by atoms with van der Waals surface area (Å²) in [5.41, 5.74) is 5.97. The summed E-state index contributed by atoms with van der Waals surface area (Å²) in [4.78, 5) is 0. The van der Waals surface area contributed by atoms with Crippen LogP contribution in [0.15, 0.2) is 22.7 Å². The zero-order valence-corrected chi connectivity index (χ0v) is 8.40. The molecule has 0 amide bonds. The average Bonchev–Trinajstić information content (AvgIpc) is 2.68. The van der Waals surface area contributed by atoms with Crippen LogP contribution in [0.4, 0.5) is 0 Å². The molecule has 5 nitrogen and oxygen atoms in total. The summed E-state index contributed by atoms with van der Waals surface area (Å²) in [6, 6.07) is 5.43. The molecule has 0 fully saturated rings. The van der Waals surface area contributed by atoms with Gasteiger partial charge in [0.05, 0.1) is 12.5 Å². The predicted molar refractivity (Wildman–Crippen MR) is 55.1 cm³/mol. The van der Waals surface area contributed by atoms with Crippen LogP contribution >= 0.6 is 0 Å². The van der Waals surface area contributed by atoms with Crippen molar-refractivity contribution in [3.8, 4) is 11.6 Å². The van der Waals surface area contributed by atoms with Crippen molar-refractivity contribution >= 4 is 11.0 Å². The van der Waals surface area contributed by atoms with Crippen LogP contribution in [0, 0.1) is 0 Å². The second-order valence-corrected chi connectivity index (χ2v) is 2.99. The van der Waals surface area contributed by atoms with Crippen LogP contribution in [0.5, 0.6) is 11.6 Å². The first-order valence-corrected chi connectivity index (χ1v) is 4.61. The number of hydrogen-bond donors (Lipinski definition) is 1. The maximum Gasteiger partial charge on any atom is 0.262 e. The highest BCUT2D eigenvalue weighted by Gasteiger charge is 2.09. The largest absolute Gasteiger partial charge is 0.497 e. The molecule has 2 rings (SSSR count). The van der Waals surface area contributed by atoms with Crippen LogP contribution in [0.1, 0.15) is 0 Å². The van der Waals surface area contributed by atoms with Crippen molar-refractivity contribution in [3.63, 3.8) is 0 Å². The third kappa shape index (κ3) is 1.87. The van der Waals surface area contributed by atoms with E-state index in [1.54, 1.807) is 13.2 Å². The van der Waals surface area contributed by atoms with Gasteiger partial charge < -0.3 is 19.7 Å². The number of ether oxygens (including phenoxy) is 2. The van der Waals surface area contributed by atoms with Gasteiger partial charge in [0.25, 0.3) is 5.88 Å². The first-order chi connectivity index (χ1) is 7.35. The fourth-order valence-electron chi connectivity index (χ4n) is 1.28. The van der Waals surface area contributed by atoms with Gasteiger partial charge in [-0.25, -0.2) is 0 Å². The van der Waals surface area contributed by atoms with Crippen molar-refractivity contribution < 1.29 is 14.0 Å². The normalized spacial score (nSPS) is 10.5. The molecular formula is C10H12N2O3. The van der Waals surface area contributed by atoms with E-state index >= 15 is 0 Å². The molecule has 1 aromatic heterocycles. The Labute approximate surface area is 86.7 Å². The summed E-state index contributed by atoms with van der Waals surface area (Å²) in [6.07, 6.45) is 0. The van der Waals surface area contributed by atoms with Gasteiger partial charge in [0.2, 0.25) is 0 Å². The van der Waals surface area contributed by atoms with Crippen LogP contribution in [-0.4, -0.2) is 25.4 Å².